The lowest BCUT2D eigenvalue weighted by Gasteiger charge is -2.27. The van der Waals surface area contributed by atoms with Crippen LogP contribution in [0.25, 0.3) is 0 Å². The van der Waals surface area contributed by atoms with Crippen LogP contribution in [0, 0.1) is 0 Å². The molecule has 2 unspecified atom stereocenters. The molecular weight excluding hydrogens is 348 g/mol. The van der Waals surface area contributed by atoms with E-state index in [-0.39, 0.29) is 18.0 Å². The van der Waals surface area contributed by atoms with Crippen LogP contribution in [0.3, 0.4) is 0 Å². The minimum absolute atomic E-state index is 0.119. The number of halogens is 4. The van der Waals surface area contributed by atoms with Crippen LogP contribution in [-0.2, 0) is 10.9 Å². The van der Waals surface area contributed by atoms with E-state index in [0.29, 0.717) is 0 Å². The predicted octanol–water partition coefficient (Wildman–Crippen LogP) is 4.34. The SMILES string of the molecule is FC(F)(F)c1ccc(C2CCCC(CI)O2)o1. The molecule has 2 heterocycles. The van der Waals surface area contributed by atoms with E-state index in [1.54, 1.807) is 0 Å². The molecule has 2 atom stereocenters. The lowest BCUT2D eigenvalue weighted by atomic mass is 10.0. The van der Waals surface area contributed by atoms with E-state index in [9.17, 15) is 13.2 Å². The fraction of sp³-hybridized carbons (Fsp3) is 0.636. The molecule has 0 aliphatic carbocycles. The lowest BCUT2D eigenvalue weighted by molar-refractivity contribution is -0.154. The van der Waals surface area contributed by atoms with Crippen LogP contribution >= 0.6 is 22.6 Å². The molecule has 1 aromatic heterocycles. The zero-order chi connectivity index (χ0) is 12.5. The van der Waals surface area contributed by atoms with Crippen LogP contribution < -0.4 is 0 Å². The van der Waals surface area contributed by atoms with Crippen molar-refractivity contribution in [3.63, 3.8) is 0 Å². The molecule has 6 heteroatoms. The molecule has 1 aliphatic heterocycles. The number of alkyl halides is 4. The average molecular weight is 360 g/mol. The van der Waals surface area contributed by atoms with E-state index in [4.69, 9.17) is 9.15 Å². The number of hydrogen-bond acceptors (Lipinski definition) is 2. The molecule has 2 nitrogen and oxygen atoms in total. The second kappa shape index (κ2) is 5.17. The number of furan rings is 1. The van der Waals surface area contributed by atoms with Gasteiger partial charge in [-0.25, -0.2) is 0 Å². The summed E-state index contributed by atoms with van der Waals surface area (Å²) < 4.78 is 48.5. The van der Waals surface area contributed by atoms with E-state index < -0.39 is 11.9 Å². The van der Waals surface area contributed by atoms with Gasteiger partial charge in [0.25, 0.3) is 0 Å². The highest BCUT2D eigenvalue weighted by atomic mass is 127. The minimum atomic E-state index is -4.42. The predicted molar refractivity (Wildman–Crippen MR) is 64.1 cm³/mol. The van der Waals surface area contributed by atoms with E-state index in [1.807, 2.05) is 0 Å². The molecule has 0 amide bonds. The van der Waals surface area contributed by atoms with Crippen molar-refractivity contribution in [3.8, 4) is 0 Å². The summed E-state index contributed by atoms with van der Waals surface area (Å²) in [6, 6.07) is 2.33. The summed E-state index contributed by atoms with van der Waals surface area (Å²) in [5, 5.41) is 0. The quantitative estimate of drug-likeness (QED) is 0.578. The standard InChI is InChI=1S/C11H12F3IO2/c12-11(13,14)10-5-4-9(17-10)8-3-1-2-7(6-15)16-8/h4-5,7-8H,1-3,6H2. The molecule has 0 aromatic carbocycles. The van der Waals surface area contributed by atoms with Gasteiger partial charge in [-0.3, -0.25) is 0 Å². The maximum Gasteiger partial charge on any atom is 0.449 e. The molecule has 0 bridgehead atoms. The Morgan fingerprint density at radius 1 is 1.29 bits per heavy atom. The highest BCUT2D eigenvalue weighted by molar-refractivity contribution is 14.1. The summed E-state index contributed by atoms with van der Waals surface area (Å²) in [6.07, 6.45) is -1.99. The number of ether oxygens (including phenoxy) is 1. The molecule has 17 heavy (non-hydrogen) atoms. The highest BCUT2D eigenvalue weighted by Crippen LogP contribution is 2.36. The summed E-state index contributed by atoms with van der Waals surface area (Å²) in [4.78, 5) is 0. The largest absolute Gasteiger partial charge is 0.454 e. The molecular formula is C11H12F3IO2. The fourth-order valence-corrected chi connectivity index (χ4v) is 2.55. The Kier molecular flexibility index (Phi) is 4.02. The molecule has 1 aromatic rings. The smallest absolute Gasteiger partial charge is 0.449 e. The third-order valence-corrected chi connectivity index (χ3v) is 3.73. The Morgan fingerprint density at radius 3 is 2.65 bits per heavy atom. The van der Waals surface area contributed by atoms with E-state index in [2.05, 4.69) is 22.6 Å². The van der Waals surface area contributed by atoms with Crippen LogP contribution in [0.4, 0.5) is 13.2 Å². The van der Waals surface area contributed by atoms with Crippen molar-refractivity contribution in [1.29, 1.82) is 0 Å². The van der Waals surface area contributed by atoms with Crippen molar-refractivity contribution in [2.75, 3.05) is 4.43 Å². The molecule has 0 radical (unpaired) electrons. The van der Waals surface area contributed by atoms with Crippen LogP contribution in [0.2, 0.25) is 0 Å². The van der Waals surface area contributed by atoms with Crippen molar-refractivity contribution in [2.24, 2.45) is 0 Å². The van der Waals surface area contributed by atoms with Gasteiger partial charge in [0.1, 0.15) is 11.9 Å². The average Bonchev–Trinajstić information content (AvgIpc) is 2.78. The first-order chi connectivity index (χ1) is 8.00. The van der Waals surface area contributed by atoms with Crippen LogP contribution in [0.5, 0.6) is 0 Å². The summed E-state index contributed by atoms with van der Waals surface area (Å²) in [6.45, 7) is 0. The second-order valence-electron chi connectivity index (χ2n) is 4.03. The Balaban J connectivity index is 2.09. The van der Waals surface area contributed by atoms with Gasteiger partial charge < -0.3 is 9.15 Å². The van der Waals surface area contributed by atoms with Gasteiger partial charge in [0.15, 0.2) is 0 Å². The number of rotatable bonds is 2. The molecule has 1 fully saturated rings. The van der Waals surface area contributed by atoms with Crippen LogP contribution in [0.1, 0.15) is 36.9 Å². The molecule has 0 saturated carbocycles. The van der Waals surface area contributed by atoms with Gasteiger partial charge in [0.05, 0.1) is 6.10 Å². The van der Waals surface area contributed by atoms with Crippen molar-refractivity contribution in [2.45, 2.75) is 37.6 Å². The summed E-state index contributed by atoms with van der Waals surface area (Å²) >= 11 is 2.22. The van der Waals surface area contributed by atoms with Gasteiger partial charge in [0, 0.05) is 4.43 Å². The Hall–Kier alpha value is -0.240. The normalized spacial score (nSPS) is 26.1. The third kappa shape index (κ3) is 3.15. The zero-order valence-corrected chi connectivity index (χ0v) is 11.1. The summed E-state index contributed by atoms with van der Waals surface area (Å²) in [7, 11) is 0. The molecule has 0 N–H and O–H groups in total. The number of hydrogen-bond donors (Lipinski definition) is 0. The Morgan fingerprint density at radius 2 is 2.06 bits per heavy atom. The van der Waals surface area contributed by atoms with Crippen LogP contribution in [0.15, 0.2) is 16.5 Å². The van der Waals surface area contributed by atoms with Crippen molar-refractivity contribution in [1.82, 2.24) is 0 Å². The van der Waals surface area contributed by atoms with E-state index >= 15 is 0 Å². The van der Waals surface area contributed by atoms with E-state index in [0.717, 1.165) is 29.8 Å². The van der Waals surface area contributed by atoms with Crippen molar-refractivity contribution < 1.29 is 22.3 Å². The monoisotopic (exact) mass is 360 g/mol. The summed E-state index contributed by atoms with van der Waals surface area (Å²) in [5.41, 5.74) is 0. The minimum Gasteiger partial charge on any atom is -0.454 e. The Bertz CT molecular complexity index is 375. The maximum absolute atomic E-state index is 12.4. The van der Waals surface area contributed by atoms with Gasteiger partial charge in [-0.15, -0.1) is 0 Å². The molecule has 2 rings (SSSR count). The van der Waals surface area contributed by atoms with Crippen molar-refractivity contribution >= 4 is 22.6 Å². The second-order valence-corrected chi connectivity index (χ2v) is 4.91. The first-order valence-corrected chi connectivity index (χ1v) is 6.91. The van der Waals surface area contributed by atoms with Crippen LogP contribution in [-0.4, -0.2) is 10.5 Å². The van der Waals surface area contributed by atoms with Gasteiger partial charge in [-0.1, -0.05) is 22.6 Å². The third-order valence-electron chi connectivity index (χ3n) is 2.74. The topological polar surface area (TPSA) is 22.4 Å². The first-order valence-electron chi connectivity index (χ1n) is 5.39. The van der Waals surface area contributed by atoms with E-state index in [1.165, 1.54) is 6.07 Å². The maximum atomic E-state index is 12.4. The fourth-order valence-electron chi connectivity index (χ4n) is 1.90. The molecule has 0 spiro atoms. The summed E-state index contributed by atoms with van der Waals surface area (Å²) in [5.74, 6) is -0.667. The molecule has 96 valence electrons. The van der Waals surface area contributed by atoms with Gasteiger partial charge in [-0.05, 0) is 31.4 Å². The lowest BCUT2D eigenvalue weighted by Crippen LogP contribution is -2.23. The van der Waals surface area contributed by atoms with Gasteiger partial charge in [-0.2, -0.15) is 13.2 Å². The van der Waals surface area contributed by atoms with Gasteiger partial charge in [0.2, 0.25) is 5.76 Å². The molecule has 1 aliphatic rings. The Labute approximate surface area is 111 Å². The van der Waals surface area contributed by atoms with Gasteiger partial charge >= 0.3 is 6.18 Å². The molecule has 1 saturated heterocycles. The highest BCUT2D eigenvalue weighted by Gasteiger charge is 2.36. The zero-order valence-electron chi connectivity index (χ0n) is 8.97. The van der Waals surface area contributed by atoms with Crippen molar-refractivity contribution in [3.05, 3.63) is 23.7 Å². The first kappa shape index (κ1) is 13.2.